The Morgan fingerprint density at radius 2 is 2.00 bits per heavy atom. The summed E-state index contributed by atoms with van der Waals surface area (Å²) >= 11 is 0. The number of aryl methyl sites for hydroxylation is 2. The summed E-state index contributed by atoms with van der Waals surface area (Å²) in [5, 5.41) is 0. The van der Waals surface area contributed by atoms with Crippen molar-refractivity contribution in [3.63, 3.8) is 0 Å². The molecule has 0 bridgehead atoms. The summed E-state index contributed by atoms with van der Waals surface area (Å²) < 4.78 is 6.03. The Balaban J connectivity index is 1.96. The quantitative estimate of drug-likeness (QED) is 0.891. The number of nitrogens with two attached hydrogens (primary N) is 1. The van der Waals surface area contributed by atoms with Crippen molar-refractivity contribution in [1.82, 2.24) is 4.98 Å². The normalized spacial score (nSPS) is 27.1. The van der Waals surface area contributed by atoms with Crippen LogP contribution in [0, 0.1) is 19.8 Å². The van der Waals surface area contributed by atoms with E-state index in [0.29, 0.717) is 0 Å². The monoisotopic (exact) mass is 272 g/mol. The summed E-state index contributed by atoms with van der Waals surface area (Å²) in [5.74, 6) is 1.55. The molecule has 1 saturated carbocycles. The molecule has 3 heteroatoms. The molecular formula is C17H24N2O. The molecule has 0 spiro atoms. The molecule has 108 valence electrons. The third kappa shape index (κ3) is 2.24. The Kier molecular flexibility index (Phi) is 3.33. The van der Waals surface area contributed by atoms with Gasteiger partial charge in [0.1, 0.15) is 5.52 Å². The number of oxazole rings is 1. The molecule has 3 nitrogen and oxygen atoms in total. The minimum absolute atomic E-state index is 0.370. The number of aromatic nitrogens is 1. The predicted molar refractivity (Wildman–Crippen MR) is 81.6 cm³/mol. The number of rotatable bonds is 2. The number of hydrogen-bond acceptors (Lipinski definition) is 3. The van der Waals surface area contributed by atoms with Gasteiger partial charge in [0.25, 0.3) is 0 Å². The first kappa shape index (κ1) is 13.6. The van der Waals surface area contributed by atoms with E-state index in [1.165, 1.54) is 24.8 Å². The van der Waals surface area contributed by atoms with Crippen LogP contribution in [0.4, 0.5) is 0 Å². The number of nitrogens with zero attached hydrogens (tertiary/aromatic N) is 1. The smallest absolute Gasteiger partial charge is 0.215 e. The molecule has 2 N–H and O–H groups in total. The molecule has 1 aromatic carbocycles. The highest BCUT2D eigenvalue weighted by molar-refractivity contribution is 5.77. The molecular weight excluding hydrogens is 248 g/mol. The van der Waals surface area contributed by atoms with Crippen LogP contribution in [0.5, 0.6) is 0 Å². The highest BCUT2D eigenvalue weighted by atomic mass is 16.4. The fraction of sp³-hybridized carbons (Fsp3) is 0.588. The van der Waals surface area contributed by atoms with Gasteiger partial charge in [0, 0.05) is 0 Å². The highest BCUT2D eigenvalue weighted by Crippen LogP contribution is 2.39. The van der Waals surface area contributed by atoms with Gasteiger partial charge in [0.2, 0.25) is 5.89 Å². The number of fused-ring (bicyclic) bond motifs is 1. The van der Waals surface area contributed by atoms with E-state index in [1.807, 2.05) is 0 Å². The van der Waals surface area contributed by atoms with Gasteiger partial charge in [-0.15, -0.1) is 0 Å². The van der Waals surface area contributed by atoms with Crippen molar-refractivity contribution in [3.05, 3.63) is 29.2 Å². The largest absolute Gasteiger partial charge is 0.438 e. The maximum Gasteiger partial charge on any atom is 0.215 e. The van der Waals surface area contributed by atoms with Crippen LogP contribution in [0.1, 0.15) is 56.0 Å². The van der Waals surface area contributed by atoms with E-state index in [4.69, 9.17) is 10.2 Å². The van der Waals surface area contributed by atoms with E-state index in [9.17, 15) is 0 Å². The van der Waals surface area contributed by atoms with Crippen LogP contribution in [0.25, 0.3) is 11.1 Å². The van der Waals surface area contributed by atoms with E-state index < -0.39 is 0 Å². The second-order valence-electron chi connectivity index (χ2n) is 6.46. The molecule has 2 aromatic rings. The first-order valence-corrected chi connectivity index (χ1v) is 7.69. The average Bonchev–Trinajstić information content (AvgIpc) is 2.84. The summed E-state index contributed by atoms with van der Waals surface area (Å²) in [6.45, 7) is 6.42. The van der Waals surface area contributed by atoms with Gasteiger partial charge >= 0.3 is 0 Å². The van der Waals surface area contributed by atoms with E-state index in [2.05, 4.69) is 37.9 Å². The van der Waals surface area contributed by atoms with Gasteiger partial charge in [0.05, 0.1) is 5.54 Å². The van der Waals surface area contributed by atoms with Crippen LogP contribution in [-0.2, 0) is 5.54 Å². The lowest BCUT2D eigenvalue weighted by Crippen LogP contribution is -2.40. The van der Waals surface area contributed by atoms with Crippen LogP contribution in [0.3, 0.4) is 0 Å². The third-order valence-corrected chi connectivity index (χ3v) is 4.82. The van der Waals surface area contributed by atoms with Crippen LogP contribution >= 0.6 is 0 Å². The predicted octanol–water partition coefficient (Wildman–Crippen LogP) is 4.20. The van der Waals surface area contributed by atoms with Crippen molar-refractivity contribution in [2.24, 2.45) is 11.7 Å². The zero-order valence-corrected chi connectivity index (χ0v) is 12.7. The van der Waals surface area contributed by atoms with Crippen LogP contribution < -0.4 is 5.73 Å². The van der Waals surface area contributed by atoms with Crippen LogP contribution in [-0.4, -0.2) is 4.98 Å². The van der Waals surface area contributed by atoms with E-state index in [-0.39, 0.29) is 5.54 Å². The molecule has 0 unspecified atom stereocenters. The SMILES string of the molecule is CCC1CCC(N)(c2nc3cc(C)cc(C)c3o2)CC1. The van der Waals surface area contributed by atoms with Gasteiger partial charge < -0.3 is 10.2 Å². The standard InChI is InChI=1S/C17H24N2O/c1-4-13-5-7-17(18,8-6-13)16-19-14-10-11(2)9-12(3)15(14)20-16/h9-10,13H,4-8,18H2,1-3H3. The van der Waals surface area contributed by atoms with Gasteiger partial charge in [-0.25, -0.2) is 4.98 Å². The Labute approximate surface area is 120 Å². The molecule has 1 aliphatic carbocycles. The fourth-order valence-corrected chi connectivity index (χ4v) is 3.40. The Morgan fingerprint density at radius 3 is 2.65 bits per heavy atom. The number of hydrogen-bond donors (Lipinski definition) is 1. The zero-order valence-electron chi connectivity index (χ0n) is 12.7. The van der Waals surface area contributed by atoms with Crippen molar-refractivity contribution in [1.29, 1.82) is 0 Å². The molecule has 0 radical (unpaired) electrons. The molecule has 3 rings (SSSR count). The second-order valence-corrected chi connectivity index (χ2v) is 6.46. The highest BCUT2D eigenvalue weighted by Gasteiger charge is 2.37. The molecule has 20 heavy (non-hydrogen) atoms. The van der Waals surface area contributed by atoms with Gasteiger partial charge in [-0.05, 0) is 62.6 Å². The average molecular weight is 272 g/mol. The first-order valence-electron chi connectivity index (χ1n) is 7.69. The first-order chi connectivity index (χ1) is 9.51. The lowest BCUT2D eigenvalue weighted by molar-refractivity contribution is 0.198. The molecule has 1 aliphatic rings. The van der Waals surface area contributed by atoms with E-state index >= 15 is 0 Å². The van der Waals surface area contributed by atoms with Crippen molar-refractivity contribution in [3.8, 4) is 0 Å². The summed E-state index contributed by atoms with van der Waals surface area (Å²) in [4.78, 5) is 4.69. The second kappa shape index (κ2) is 4.88. The van der Waals surface area contributed by atoms with Gasteiger partial charge in [-0.1, -0.05) is 19.4 Å². The van der Waals surface area contributed by atoms with Crippen LogP contribution in [0.2, 0.25) is 0 Å². The minimum Gasteiger partial charge on any atom is -0.438 e. The van der Waals surface area contributed by atoms with Crippen molar-refractivity contribution in [2.75, 3.05) is 0 Å². The molecule has 0 saturated heterocycles. The van der Waals surface area contributed by atoms with Crippen molar-refractivity contribution >= 4 is 11.1 Å². The zero-order chi connectivity index (χ0) is 14.3. The maximum absolute atomic E-state index is 6.59. The maximum atomic E-state index is 6.59. The number of benzene rings is 1. The van der Waals surface area contributed by atoms with E-state index in [1.54, 1.807) is 0 Å². The molecule has 1 fully saturated rings. The Morgan fingerprint density at radius 1 is 1.30 bits per heavy atom. The summed E-state index contributed by atoms with van der Waals surface area (Å²) in [5.41, 5.74) is 10.4. The summed E-state index contributed by atoms with van der Waals surface area (Å²) in [6, 6.07) is 4.21. The topological polar surface area (TPSA) is 52.0 Å². The summed E-state index contributed by atoms with van der Waals surface area (Å²) in [7, 11) is 0. The molecule has 0 atom stereocenters. The Hall–Kier alpha value is -1.35. The molecule has 1 aromatic heterocycles. The third-order valence-electron chi connectivity index (χ3n) is 4.82. The lowest BCUT2D eigenvalue weighted by Gasteiger charge is -2.34. The molecule has 0 amide bonds. The van der Waals surface area contributed by atoms with E-state index in [0.717, 1.165) is 41.3 Å². The van der Waals surface area contributed by atoms with Crippen molar-refractivity contribution < 1.29 is 4.42 Å². The van der Waals surface area contributed by atoms with Gasteiger partial charge in [0.15, 0.2) is 5.58 Å². The Bertz CT molecular complexity index is 621. The van der Waals surface area contributed by atoms with Gasteiger partial charge in [-0.3, -0.25) is 0 Å². The van der Waals surface area contributed by atoms with Gasteiger partial charge in [-0.2, -0.15) is 0 Å². The minimum atomic E-state index is -0.370. The summed E-state index contributed by atoms with van der Waals surface area (Å²) in [6.07, 6.45) is 5.59. The molecule has 0 aliphatic heterocycles. The van der Waals surface area contributed by atoms with Crippen LogP contribution in [0.15, 0.2) is 16.5 Å². The van der Waals surface area contributed by atoms with Crippen molar-refractivity contribution in [2.45, 2.75) is 58.4 Å². The molecule has 1 heterocycles. The fourth-order valence-electron chi connectivity index (χ4n) is 3.40. The lowest BCUT2D eigenvalue weighted by atomic mass is 9.76.